The van der Waals surface area contributed by atoms with Gasteiger partial charge >= 0.3 is 0 Å². The standard InChI is InChI=1S/C21H14N2O3S/c24-11-10-23-20(25)14-5-3-4-12-13(8-9-15(18(12)14)21(23)26)19-22-16-6-1-2-7-17(16)27-19/h1-9,24H,10-11H2. The Labute approximate surface area is 158 Å². The number of carbonyl (C=O) groups excluding carboxylic acids is 2. The van der Waals surface area contributed by atoms with E-state index in [-0.39, 0.29) is 25.0 Å². The summed E-state index contributed by atoms with van der Waals surface area (Å²) in [6.07, 6.45) is 0. The van der Waals surface area contributed by atoms with Crippen LogP contribution in [0.25, 0.3) is 31.6 Å². The van der Waals surface area contributed by atoms with Crippen LogP contribution in [0, 0.1) is 0 Å². The molecule has 0 radical (unpaired) electrons. The molecule has 1 N–H and O–H groups in total. The molecule has 0 spiro atoms. The molecule has 0 saturated heterocycles. The van der Waals surface area contributed by atoms with Gasteiger partial charge in [0.25, 0.3) is 11.8 Å². The first-order valence-electron chi connectivity index (χ1n) is 8.58. The first kappa shape index (κ1) is 16.1. The minimum atomic E-state index is -0.367. The molecule has 1 aliphatic rings. The van der Waals surface area contributed by atoms with Gasteiger partial charge in [0, 0.05) is 22.1 Å². The highest BCUT2D eigenvalue weighted by Gasteiger charge is 2.33. The predicted molar refractivity (Wildman–Crippen MR) is 105 cm³/mol. The summed E-state index contributed by atoms with van der Waals surface area (Å²) in [6, 6.07) is 17.1. The molecule has 0 fully saturated rings. The van der Waals surface area contributed by atoms with E-state index in [0.717, 1.165) is 31.1 Å². The molecule has 3 aromatic carbocycles. The number of thiazole rings is 1. The fourth-order valence-electron chi connectivity index (χ4n) is 3.62. The average molecular weight is 374 g/mol. The van der Waals surface area contributed by atoms with E-state index < -0.39 is 0 Å². The molecule has 0 aliphatic carbocycles. The maximum atomic E-state index is 12.8. The lowest BCUT2D eigenvalue weighted by atomic mass is 9.91. The quantitative estimate of drug-likeness (QED) is 0.555. The molecule has 0 bridgehead atoms. The molecule has 0 atom stereocenters. The molecule has 0 unspecified atom stereocenters. The van der Waals surface area contributed by atoms with Crippen molar-refractivity contribution in [1.29, 1.82) is 0 Å². The van der Waals surface area contributed by atoms with E-state index in [2.05, 4.69) is 0 Å². The molecule has 2 amide bonds. The number of nitrogens with zero attached hydrogens (tertiary/aromatic N) is 2. The van der Waals surface area contributed by atoms with Crippen LogP contribution >= 0.6 is 11.3 Å². The number of imide groups is 1. The number of benzene rings is 3. The summed E-state index contributed by atoms with van der Waals surface area (Å²) in [5, 5.41) is 11.6. The van der Waals surface area contributed by atoms with E-state index in [1.165, 1.54) is 0 Å². The topological polar surface area (TPSA) is 70.5 Å². The molecule has 132 valence electrons. The van der Waals surface area contributed by atoms with Crippen molar-refractivity contribution in [2.45, 2.75) is 0 Å². The Balaban J connectivity index is 1.78. The Bertz CT molecular complexity index is 1190. The first-order chi connectivity index (χ1) is 13.2. The van der Waals surface area contributed by atoms with Crippen molar-refractivity contribution in [3.63, 3.8) is 0 Å². The molecule has 5 rings (SSSR count). The van der Waals surface area contributed by atoms with E-state index >= 15 is 0 Å². The number of aliphatic hydroxyl groups is 1. The lowest BCUT2D eigenvalue weighted by Gasteiger charge is -2.27. The van der Waals surface area contributed by atoms with Crippen LogP contribution < -0.4 is 0 Å². The molecule has 27 heavy (non-hydrogen) atoms. The molecule has 6 heteroatoms. The van der Waals surface area contributed by atoms with Gasteiger partial charge in [0.2, 0.25) is 0 Å². The van der Waals surface area contributed by atoms with Crippen LogP contribution in [0.1, 0.15) is 20.7 Å². The maximum absolute atomic E-state index is 12.8. The maximum Gasteiger partial charge on any atom is 0.261 e. The number of carbonyl (C=O) groups is 2. The SMILES string of the molecule is O=C1c2cccc3c(-c4nc5ccccc5s4)ccc(c23)C(=O)N1CCO. The van der Waals surface area contributed by atoms with Crippen molar-refractivity contribution in [1.82, 2.24) is 9.88 Å². The minimum Gasteiger partial charge on any atom is -0.395 e. The van der Waals surface area contributed by atoms with Gasteiger partial charge < -0.3 is 5.11 Å². The summed E-state index contributed by atoms with van der Waals surface area (Å²) in [5.41, 5.74) is 2.81. The third kappa shape index (κ3) is 2.31. The third-order valence-corrected chi connectivity index (χ3v) is 5.91. The van der Waals surface area contributed by atoms with Gasteiger partial charge in [0.1, 0.15) is 5.01 Å². The highest BCUT2D eigenvalue weighted by molar-refractivity contribution is 7.21. The summed E-state index contributed by atoms with van der Waals surface area (Å²) in [7, 11) is 0. The number of aromatic nitrogens is 1. The number of hydrogen-bond acceptors (Lipinski definition) is 5. The summed E-state index contributed by atoms with van der Waals surface area (Å²) < 4.78 is 1.09. The van der Waals surface area contributed by atoms with Crippen LogP contribution in [0.15, 0.2) is 54.6 Å². The Morgan fingerprint density at radius 3 is 2.41 bits per heavy atom. The highest BCUT2D eigenvalue weighted by Crippen LogP contribution is 2.38. The second kappa shape index (κ2) is 5.97. The third-order valence-electron chi connectivity index (χ3n) is 4.84. The first-order valence-corrected chi connectivity index (χ1v) is 9.39. The number of rotatable bonds is 3. The molecule has 1 aliphatic heterocycles. The second-order valence-corrected chi connectivity index (χ2v) is 7.39. The summed E-state index contributed by atoms with van der Waals surface area (Å²) in [5.74, 6) is -0.734. The van der Waals surface area contributed by atoms with Crippen LogP contribution in [-0.4, -0.2) is 40.0 Å². The monoisotopic (exact) mass is 374 g/mol. The van der Waals surface area contributed by atoms with E-state index in [1.807, 2.05) is 42.5 Å². The number of amides is 2. The molecular formula is C21H14N2O3S. The number of aliphatic hydroxyl groups excluding tert-OH is 1. The van der Waals surface area contributed by atoms with E-state index in [0.29, 0.717) is 16.5 Å². The Hall–Kier alpha value is -3.09. The predicted octanol–water partition coefficient (Wildman–Crippen LogP) is 3.70. The van der Waals surface area contributed by atoms with Gasteiger partial charge in [0.05, 0.1) is 23.4 Å². The van der Waals surface area contributed by atoms with Gasteiger partial charge in [-0.05, 0) is 29.7 Å². The number of β-amino-alcohol motifs (C(OH)–C–C–N with tert-alkyl or cyclic N) is 1. The lowest BCUT2D eigenvalue weighted by Crippen LogP contribution is -2.41. The van der Waals surface area contributed by atoms with Crippen LogP contribution in [0.4, 0.5) is 0 Å². The second-order valence-electron chi connectivity index (χ2n) is 6.36. The Kier molecular flexibility index (Phi) is 3.56. The van der Waals surface area contributed by atoms with Gasteiger partial charge in [0.15, 0.2) is 0 Å². The van der Waals surface area contributed by atoms with Crippen LogP contribution in [0.3, 0.4) is 0 Å². The summed E-state index contributed by atoms with van der Waals surface area (Å²) in [4.78, 5) is 31.4. The number of hydrogen-bond donors (Lipinski definition) is 1. The Morgan fingerprint density at radius 2 is 1.63 bits per heavy atom. The van der Waals surface area contributed by atoms with Gasteiger partial charge in [-0.1, -0.05) is 30.3 Å². The van der Waals surface area contributed by atoms with Gasteiger partial charge in [-0.2, -0.15) is 0 Å². The minimum absolute atomic E-state index is 0.00683. The average Bonchev–Trinajstić information content (AvgIpc) is 3.13. The van der Waals surface area contributed by atoms with E-state index in [9.17, 15) is 14.7 Å². The largest absolute Gasteiger partial charge is 0.395 e. The van der Waals surface area contributed by atoms with Crippen molar-refractivity contribution in [2.75, 3.05) is 13.2 Å². The molecule has 5 nitrogen and oxygen atoms in total. The van der Waals surface area contributed by atoms with Crippen LogP contribution in [0.5, 0.6) is 0 Å². The zero-order chi connectivity index (χ0) is 18.5. The van der Waals surface area contributed by atoms with Crippen molar-refractivity contribution < 1.29 is 14.7 Å². The fraction of sp³-hybridized carbons (Fsp3) is 0.0952. The van der Waals surface area contributed by atoms with Gasteiger partial charge in [-0.15, -0.1) is 11.3 Å². The van der Waals surface area contributed by atoms with Crippen LogP contribution in [-0.2, 0) is 0 Å². The van der Waals surface area contributed by atoms with E-state index in [1.54, 1.807) is 23.5 Å². The summed E-state index contributed by atoms with van der Waals surface area (Å²) >= 11 is 1.59. The molecular weight excluding hydrogens is 360 g/mol. The smallest absolute Gasteiger partial charge is 0.261 e. The van der Waals surface area contributed by atoms with Gasteiger partial charge in [-0.3, -0.25) is 14.5 Å². The molecule has 0 saturated carbocycles. The number of fused-ring (bicyclic) bond motifs is 1. The summed E-state index contributed by atoms with van der Waals surface area (Å²) in [6.45, 7) is -0.264. The molecule has 4 aromatic rings. The zero-order valence-electron chi connectivity index (χ0n) is 14.2. The van der Waals surface area contributed by atoms with Crippen molar-refractivity contribution in [3.05, 3.63) is 65.7 Å². The number of para-hydroxylation sites is 1. The fourth-order valence-corrected chi connectivity index (χ4v) is 4.63. The highest BCUT2D eigenvalue weighted by atomic mass is 32.1. The molecule has 2 heterocycles. The normalized spacial score (nSPS) is 13.7. The van der Waals surface area contributed by atoms with Crippen molar-refractivity contribution >= 4 is 44.1 Å². The Morgan fingerprint density at radius 1 is 0.889 bits per heavy atom. The lowest BCUT2D eigenvalue weighted by molar-refractivity contribution is 0.0580. The van der Waals surface area contributed by atoms with Gasteiger partial charge in [-0.25, -0.2) is 4.98 Å². The van der Waals surface area contributed by atoms with Crippen LogP contribution in [0.2, 0.25) is 0 Å². The molecule has 1 aromatic heterocycles. The van der Waals surface area contributed by atoms with Crippen molar-refractivity contribution in [2.24, 2.45) is 0 Å². The van der Waals surface area contributed by atoms with Crippen molar-refractivity contribution in [3.8, 4) is 10.6 Å². The zero-order valence-corrected chi connectivity index (χ0v) is 15.0. The van der Waals surface area contributed by atoms with E-state index in [4.69, 9.17) is 4.98 Å².